The van der Waals surface area contributed by atoms with Gasteiger partial charge in [0.1, 0.15) is 16.5 Å². The molecule has 1 amide bonds. The lowest BCUT2D eigenvalue weighted by Gasteiger charge is -2.10. The van der Waals surface area contributed by atoms with E-state index in [1.165, 1.54) is 33.1 Å². The van der Waals surface area contributed by atoms with Crippen molar-refractivity contribution in [3.05, 3.63) is 69.2 Å². The Kier molecular flexibility index (Phi) is 6.51. The molecule has 0 aliphatic rings. The van der Waals surface area contributed by atoms with Crippen molar-refractivity contribution in [3.63, 3.8) is 0 Å². The van der Waals surface area contributed by atoms with Crippen LogP contribution in [0.4, 0.5) is 5.82 Å². The topological polar surface area (TPSA) is 132 Å². The van der Waals surface area contributed by atoms with E-state index in [0.29, 0.717) is 15.9 Å². The number of hydrogen-bond acceptors (Lipinski definition) is 8. The summed E-state index contributed by atoms with van der Waals surface area (Å²) in [5.74, 6) is -1.08. The van der Waals surface area contributed by atoms with Crippen LogP contribution < -0.4 is 10.9 Å². The molecular weight excluding hydrogens is 456 g/mol. The van der Waals surface area contributed by atoms with Gasteiger partial charge in [-0.05, 0) is 31.5 Å². The monoisotopic (exact) mass is 476 g/mol. The van der Waals surface area contributed by atoms with Gasteiger partial charge in [0.2, 0.25) is 0 Å². The van der Waals surface area contributed by atoms with Gasteiger partial charge in [-0.15, -0.1) is 11.3 Å². The summed E-state index contributed by atoms with van der Waals surface area (Å²) >= 11 is 1.45. The van der Waals surface area contributed by atoms with Crippen LogP contribution >= 0.6 is 11.3 Å². The largest absolute Gasteiger partial charge is 0.456 e. The van der Waals surface area contributed by atoms with Crippen molar-refractivity contribution in [3.8, 4) is 11.8 Å². The summed E-state index contributed by atoms with van der Waals surface area (Å²) in [6, 6.07) is 11.0. The number of hydrogen-bond donors (Lipinski definition) is 1. The molecule has 1 N–H and O–H groups in total. The second-order valence-corrected chi connectivity index (χ2v) is 8.63. The highest BCUT2D eigenvalue weighted by molar-refractivity contribution is 7.18. The number of benzene rings is 1. The number of aromatic nitrogens is 4. The van der Waals surface area contributed by atoms with E-state index in [9.17, 15) is 19.6 Å². The third-order valence-electron chi connectivity index (χ3n) is 5.23. The third kappa shape index (κ3) is 4.57. The van der Waals surface area contributed by atoms with Crippen LogP contribution in [0, 0.1) is 25.2 Å². The number of rotatable bonds is 7. The number of esters is 1. The molecule has 0 fully saturated rings. The number of thiophene rings is 1. The molecule has 0 aliphatic heterocycles. The van der Waals surface area contributed by atoms with E-state index >= 15 is 0 Å². The van der Waals surface area contributed by atoms with Crippen LogP contribution in [0.3, 0.4) is 0 Å². The SMILES string of the molecule is Cc1sc2ncn(CCC(=O)OCC(=O)Nc3c(C#N)cnn3-c3ccccc3)c(=O)c2c1C. The van der Waals surface area contributed by atoms with Gasteiger partial charge in [0.15, 0.2) is 12.4 Å². The quantitative estimate of drug-likeness (QED) is 0.406. The first-order chi connectivity index (χ1) is 16.4. The number of para-hydroxylation sites is 1. The van der Waals surface area contributed by atoms with Crippen LogP contribution in [0.2, 0.25) is 0 Å². The molecule has 0 saturated carbocycles. The molecule has 0 bridgehead atoms. The van der Waals surface area contributed by atoms with E-state index in [1.807, 2.05) is 26.0 Å². The molecule has 10 nitrogen and oxygen atoms in total. The van der Waals surface area contributed by atoms with Gasteiger partial charge in [0.05, 0.1) is 30.0 Å². The molecule has 34 heavy (non-hydrogen) atoms. The fraction of sp³-hybridized carbons (Fsp3) is 0.217. The zero-order chi connectivity index (χ0) is 24.2. The average Bonchev–Trinajstić information content (AvgIpc) is 3.37. The highest BCUT2D eigenvalue weighted by Crippen LogP contribution is 2.25. The molecule has 0 atom stereocenters. The number of anilines is 1. The number of ether oxygens (including phenoxy) is 1. The predicted octanol–water partition coefficient (Wildman–Crippen LogP) is 2.70. The minimum absolute atomic E-state index is 0.0793. The summed E-state index contributed by atoms with van der Waals surface area (Å²) in [7, 11) is 0. The van der Waals surface area contributed by atoms with E-state index in [0.717, 1.165) is 10.4 Å². The van der Waals surface area contributed by atoms with Gasteiger partial charge >= 0.3 is 5.97 Å². The van der Waals surface area contributed by atoms with Gasteiger partial charge in [0, 0.05) is 11.4 Å². The summed E-state index contributed by atoms with van der Waals surface area (Å²) in [5.41, 5.74) is 1.50. The number of carbonyl (C=O) groups excluding carboxylic acids is 2. The van der Waals surface area contributed by atoms with Gasteiger partial charge in [-0.25, -0.2) is 9.67 Å². The number of nitrogens with zero attached hydrogens (tertiary/aromatic N) is 5. The lowest BCUT2D eigenvalue weighted by Crippen LogP contribution is -2.25. The van der Waals surface area contributed by atoms with Gasteiger partial charge < -0.3 is 10.1 Å². The van der Waals surface area contributed by atoms with Crippen LogP contribution in [0.5, 0.6) is 0 Å². The van der Waals surface area contributed by atoms with E-state index < -0.39 is 18.5 Å². The molecule has 11 heteroatoms. The summed E-state index contributed by atoms with van der Waals surface area (Å²) in [6.07, 6.45) is 2.65. The Labute approximate surface area is 198 Å². The molecular formula is C23H20N6O4S. The molecule has 0 radical (unpaired) electrons. The second-order valence-electron chi connectivity index (χ2n) is 7.43. The van der Waals surface area contributed by atoms with Gasteiger partial charge in [-0.2, -0.15) is 10.4 Å². The summed E-state index contributed by atoms with van der Waals surface area (Å²) in [5, 5.41) is 16.6. The maximum Gasteiger partial charge on any atom is 0.308 e. The summed E-state index contributed by atoms with van der Waals surface area (Å²) in [4.78, 5) is 43.3. The first-order valence-electron chi connectivity index (χ1n) is 10.3. The molecule has 0 aliphatic carbocycles. The van der Waals surface area contributed by atoms with Crippen LogP contribution in [-0.2, 0) is 20.9 Å². The molecule has 3 aromatic heterocycles. The van der Waals surface area contributed by atoms with Crippen LogP contribution in [0.1, 0.15) is 22.4 Å². The number of aryl methyl sites for hydroxylation is 3. The number of nitriles is 1. The average molecular weight is 477 g/mol. The van der Waals surface area contributed by atoms with E-state index in [2.05, 4.69) is 15.4 Å². The minimum Gasteiger partial charge on any atom is -0.456 e. The Morgan fingerprint density at radius 3 is 2.74 bits per heavy atom. The molecule has 1 aromatic carbocycles. The first-order valence-corrected chi connectivity index (χ1v) is 11.1. The summed E-state index contributed by atoms with van der Waals surface area (Å²) in [6.45, 7) is 3.34. The van der Waals surface area contributed by atoms with E-state index in [4.69, 9.17) is 4.74 Å². The molecule has 4 rings (SSSR count). The second kappa shape index (κ2) is 9.68. The summed E-state index contributed by atoms with van der Waals surface area (Å²) < 4.78 is 7.83. The van der Waals surface area contributed by atoms with Gasteiger partial charge in [-0.3, -0.25) is 19.0 Å². The third-order valence-corrected chi connectivity index (χ3v) is 6.34. The minimum atomic E-state index is -0.641. The van der Waals surface area contributed by atoms with Crippen molar-refractivity contribution in [2.45, 2.75) is 26.8 Å². The smallest absolute Gasteiger partial charge is 0.308 e. The zero-order valence-electron chi connectivity index (χ0n) is 18.4. The van der Waals surface area contributed by atoms with Crippen molar-refractivity contribution in [1.82, 2.24) is 19.3 Å². The molecule has 172 valence electrons. The Hall–Kier alpha value is -4.30. The van der Waals surface area contributed by atoms with Crippen LogP contribution in [0.15, 0.2) is 47.7 Å². The zero-order valence-corrected chi connectivity index (χ0v) is 19.3. The van der Waals surface area contributed by atoms with Gasteiger partial charge in [0.25, 0.3) is 11.5 Å². The lowest BCUT2D eigenvalue weighted by atomic mass is 10.2. The van der Waals surface area contributed by atoms with Crippen molar-refractivity contribution >= 4 is 39.2 Å². The van der Waals surface area contributed by atoms with Crippen molar-refractivity contribution in [1.29, 1.82) is 5.26 Å². The molecule has 0 spiro atoms. The fourth-order valence-electron chi connectivity index (χ4n) is 3.34. The molecule has 3 heterocycles. The Morgan fingerprint density at radius 1 is 1.24 bits per heavy atom. The number of fused-ring (bicyclic) bond motifs is 1. The maximum absolute atomic E-state index is 12.7. The van der Waals surface area contributed by atoms with Crippen molar-refractivity contribution in [2.75, 3.05) is 11.9 Å². The standard InChI is InChI=1S/C23H20N6O4S/c1-14-15(2)34-22-20(14)23(32)28(13-25-22)9-8-19(31)33-12-18(30)27-21-16(10-24)11-26-29(21)17-6-4-3-5-7-17/h3-7,11,13H,8-9,12H2,1-2H3,(H,27,30). The highest BCUT2D eigenvalue weighted by atomic mass is 32.1. The first kappa shape index (κ1) is 22.9. The Morgan fingerprint density at radius 2 is 2.00 bits per heavy atom. The van der Waals surface area contributed by atoms with E-state index in [1.54, 1.807) is 24.3 Å². The van der Waals surface area contributed by atoms with E-state index in [-0.39, 0.29) is 29.9 Å². The Bertz CT molecular complexity index is 1480. The molecule has 0 unspecified atom stereocenters. The molecule has 0 saturated heterocycles. The van der Waals surface area contributed by atoms with Crippen molar-refractivity contribution in [2.24, 2.45) is 0 Å². The van der Waals surface area contributed by atoms with Crippen molar-refractivity contribution < 1.29 is 14.3 Å². The maximum atomic E-state index is 12.7. The number of nitrogens with one attached hydrogen (secondary N) is 1. The number of carbonyl (C=O) groups is 2. The predicted molar refractivity (Wildman–Crippen MR) is 126 cm³/mol. The van der Waals surface area contributed by atoms with Crippen LogP contribution in [0.25, 0.3) is 15.9 Å². The number of amides is 1. The highest BCUT2D eigenvalue weighted by Gasteiger charge is 2.17. The lowest BCUT2D eigenvalue weighted by molar-refractivity contribution is -0.147. The normalized spacial score (nSPS) is 10.7. The van der Waals surface area contributed by atoms with Gasteiger partial charge in [-0.1, -0.05) is 18.2 Å². The molecule has 4 aromatic rings. The Balaban J connectivity index is 1.36. The fourth-order valence-corrected chi connectivity index (χ4v) is 4.33. The van der Waals surface area contributed by atoms with Crippen LogP contribution in [-0.4, -0.2) is 37.8 Å².